The van der Waals surface area contributed by atoms with Gasteiger partial charge in [0.05, 0.1) is 5.75 Å². The third-order valence-corrected chi connectivity index (χ3v) is 5.90. The molecule has 4 aliphatic carbocycles. The van der Waals surface area contributed by atoms with Crippen LogP contribution in [0.1, 0.15) is 51.4 Å². The van der Waals surface area contributed by atoms with E-state index in [1.807, 2.05) is 0 Å². The Morgan fingerprint density at radius 2 is 1.58 bits per heavy atom. The summed E-state index contributed by atoms with van der Waals surface area (Å²) in [5, 5.41) is 0. The van der Waals surface area contributed by atoms with Gasteiger partial charge in [-0.25, -0.2) is 0 Å². The summed E-state index contributed by atoms with van der Waals surface area (Å²) in [4.78, 5) is 0. The summed E-state index contributed by atoms with van der Waals surface area (Å²) in [6, 6.07) is 0. The normalized spacial score (nSPS) is 39.9. The molecule has 0 spiro atoms. The van der Waals surface area contributed by atoms with Gasteiger partial charge in [-0.2, -0.15) is 8.42 Å². The largest absolute Gasteiger partial charge is 0.286 e. The molecule has 106 valence electrons. The first kappa shape index (κ1) is 13.5. The Labute approximate surface area is 115 Å². The molecule has 0 radical (unpaired) electrons. The summed E-state index contributed by atoms with van der Waals surface area (Å²) in [7, 11) is -3.82. The lowest BCUT2D eigenvalue weighted by Gasteiger charge is -2.54. The van der Waals surface area contributed by atoms with Gasteiger partial charge in [0.2, 0.25) is 0 Å². The van der Waals surface area contributed by atoms with Crippen LogP contribution in [0.2, 0.25) is 0 Å². The van der Waals surface area contributed by atoms with Crippen LogP contribution in [0.5, 0.6) is 0 Å². The smallest absolute Gasteiger partial charge is 0.264 e. The Hall–Kier alpha value is -0.530. The molecule has 3 nitrogen and oxygen atoms in total. The lowest BCUT2D eigenvalue weighted by molar-refractivity contribution is -0.0181. The molecule has 4 fully saturated rings. The molecule has 0 atom stereocenters. The van der Waals surface area contributed by atoms with Gasteiger partial charge < -0.3 is 0 Å². The first-order valence-corrected chi connectivity index (χ1v) is 9.00. The van der Waals surface area contributed by atoms with E-state index in [1.54, 1.807) is 0 Å². The Morgan fingerprint density at radius 1 is 1.05 bits per heavy atom. The quantitative estimate of drug-likeness (QED) is 0.492. The van der Waals surface area contributed by atoms with Crippen molar-refractivity contribution in [3.8, 4) is 11.8 Å². The van der Waals surface area contributed by atoms with Crippen molar-refractivity contribution >= 4 is 10.1 Å². The second-order valence-corrected chi connectivity index (χ2v) is 8.46. The molecule has 0 amide bonds. The second-order valence-electron chi connectivity index (χ2n) is 6.89. The van der Waals surface area contributed by atoms with E-state index in [2.05, 4.69) is 11.8 Å². The van der Waals surface area contributed by atoms with Gasteiger partial charge in [-0.3, -0.25) is 4.55 Å². The minimum Gasteiger partial charge on any atom is -0.286 e. The highest BCUT2D eigenvalue weighted by atomic mass is 32.2. The van der Waals surface area contributed by atoms with Crippen LogP contribution in [0.4, 0.5) is 0 Å². The molecular formula is C15H22O3S. The molecule has 4 saturated carbocycles. The van der Waals surface area contributed by atoms with E-state index in [0.717, 1.165) is 17.8 Å². The van der Waals surface area contributed by atoms with E-state index in [4.69, 9.17) is 4.55 Å². The molecule has 19 heavy (non-hydrogen) atoms. The first-order chi connectivity index (χ1) is 8.94. The molecule has 4 aliphatic rings. The van der Waals surface area contributed by atoms with Gasteiger partial charge in [0.25, 0.3) is 10.1 Å². The van der Waals surface area contributed by atoms with Gasteiger partial charge in [0, 0.05) is 11.8 Å². The van der Waals surface area contributed by atoms with Crippen molar-refractivity contribution in [2.45, 2.75) is 51.4 Å². The maximum absolute atomic E-state index is 10.6. The van der Waals surface area contributed by atoms with Crippen molar-refractivity contribution in [1.82, 2.24) is 0 Å². The maximum atomic E-state index is 10.6. The van der Waals surface area contributed by atoms with E-state index in [-0.39, 0.29) is 11.2 Å². The zero-order valence-electron chi connectivity index (χ0n) is 11.3. The Morgan fingerprint density at radius 3 is 2.05 bits per heavy atom. The highest BCUT2D eigenvalue weighted by Crippen LogP contribution is 2.59. The van der Waals surface area contributed by atoms with E-state index in [9.17, 15) is 8.42 Å². The predicted octanol–water partition coefficient (Wildman–Crippen LogP) is 2.87. The predicted molar refractivity (Wildman–Crippen MR) is 74.0 cm³/mol. The molecule has 4 heteroatoms. The summed E-state index contributed by atoms with van der Waals surface area (Å²) >= 11 is 0. The van der Waals surface area contributed by atoms with Gasteiger partial charge in [0.1, 0.15) is 0 Å². The highest BCUT2D eigenvalue weighted by Gasteiger charge is 2.50. The van der Waals surface area contributed by atoms with Gasteiger partial charge in [-0.15, -0.1) is 5.92 Å². The lowest BCUT2D eigenvalue weighted by atomic mass is 9.50. The van der Waals surface area contributed by atoms with Crippen LogP contribution in [-0.2, 0) is 10.1 Å². The molecule has 0 aromatic heterocycles. The summed E-state index contributed by atoms with van der Waals surface area (Å²) in [6.45, 7) is 0. The Bertz CT molecular complexity index is 474. The zero-order chi connectivity index (χ0) is 13.5. The third kappa shape index (κ3) is 3.14. The van der Waals surface area contributed by atoms with E-state index < -0.39 is 10.1 Å². The SMILES string of the molecule is O=S(=O)(O)CCCC#CC12CC3CC(CC(C3)C1)C2. The fraction of sp³-hybridized carbons (Fsp3) is 0.867. The summed E-state index contributed by atoms with van der Waals surface area (Å²) in [6.07, 6.45) is 9.09. The van der Waals surface area contributed by atoms with Gasteiger partial charge >= 0.3 is 0 Å². The molecule has 0 heterocycles. The van der Waals surface area contributed by atoms with Crippen molar-refractivity contribution in [2.75, 3.05) is 5.75 Å². The zero-order valence-corrected chi connectivity index (χ0v) is 12.1. The molecule has 0 saturated heterocycles. The summed E-state index contributed by atoms with van der Waals surface area (Å²) in [5.74, 6) is 9.22. The highest BCUT2D eigenvalue weighted by molar-refractivity contribution is 7.85. The summed E-state index contributed by atoms with van der Waals surface area (Å²) in [5.41, 5.74) is 0.257. The van der Waals surface area contributed by atoms with Crippen molar-refractivity contribution in [3.05, 3.63) is 0 Å². The topological polar surface area (TPSA) is 54.4 Å². The number of hydrogen-bond acceptors (Lipinski definition) is 2. The Kier molecular flexibility index (Phi) is 3.39. The van der Waals surface area contributed by atoms with E-state index in [1.165, 1.54) is 38.5 Å². The van der Waals surface area contributed by atoms with E-state index >= 15 is 0 Å². The van der Waals surface area contributed by atoms with Crippen molar-refractivity contribution in [2.24, 2.45) is 23.2 Å². The van der Waals surface area contributed by atoms with Crippen LogP contribution in [0, 0.1) is 35.0 Å². The number of unbranched alkanes of at least 4 members (excludes halogenated alkanes) is 1. The van der Waals surface area contributed by atoms with Gasteiger partial charge in [-0.1, -0.05) is 5.92 Å². The van der Waals surface area contributed by atoms with Crippen molar-refractivity contribution in [1.29, 1.82) is 0 Å². The number of hydrogen-bond donors (Lipinski definition) is 1. The van der Waals surface area contributed by atoms with Crippen LogP contribution in [0.25, 0.3) is 0 Å². The standard InChI is InChI=1S/C15H22O3S/c16-19(17,18)5-3-1-2-4-15-9-12-6-13(10-15)8-14(7-12)11-15/h12-14H,1,3,5-11H2,(H,16,17,18). The molecule has 4 rings (SSSR count). The van der Waals surface area contributed by atoms with Crippen molar-refractivity contribution < 1.29 is 13.0 Å². The average molecular weight is 282 g/mol. The van der Waals surface area contributed by atoms with E-state index in [0.29, 0.717) is 12.8 Å². The lowest BCUT2D eigenvalue weighted by Crippen LogP contribution is -2.45. The van der Waals surface area contributed by atoms with Crippen LogP contribution in [0.3, 0.4) is 0 Å². The second kappa shape index (κ2) is 4.79. The van der Waals surface area contributed by atoms with Gasteiger partial charge in [-0.05, 0) is 62.7 Å². The first-order valence-electron chi connectivity index (χ1n) is 7.39. The van der Waals surface area contributed by atoms with Crippen molar-refractivity contribution in [3.63, 3.8) is 0 Å². The monoisotopic (exact) mass is 282 g/mol. The van der Waals surface area contributed by atoms with Crippen LogP contribution in [-0.4, -0.2) is 18.7 Å². The van der Waals surface area contributed by atoms with Crippen LogP contribution < -0.4 is 0 Å². The molecule has 1 N–H and O–H groups in total. The fourth-order valence-corrected chi connectivity index (χ4v) is 5.37. The van der Waals surface area contributed by atoms with Gasteiger partial charge in [0.15, 0.2) is 0 Å². The molecular weight excluding hydrogens is 260 g/mol. The third-order valence-electron chi connectivity index (χ3n) is 5.10. The molecule has 0 unspecified atom stereocenters. The molecule has 0 aromatic rings. The molecule has 4 bridgehead atoms. The minimum absolute atomic E-state index is 0.164. The Balaban J connectivity index is 1.58. The summed E-state index contributed by atoms with van der Waals surface area (Å²) < 4.78 is 29.9. The fourth-order valence-electron chi connectivity index (χ4n) is 4.86. The van der Waals surface area contributed by atoms with Crippen LogP contribution in [0.15, 0.2) is 0 Å². The maximum Gasteiger partial charge on any atom is 0.264 e. The minimum atomic E-state index is -3.82. The molecule has 0 aromatic carbocycles. The van der Waals surface area contributed by atoms with Crippen LogP contribution >= 0.6 is 0 Å². The number of rotatable bonds is 3. The average Bonchev–Trinajstić information content (AvgIpc) is 2.24. The molecule has 0 aliphatic heterocycles.